The summed E-state index contributed by atoms with van der Waals surface area (Å²) in [5, 5.41) is 10.4. The SMILES string of the molecule is CC(C)(C)CCN1CCN(c2snc(Cl)c2C#N)CC1. The Bertz CT molecular complexity index is 492. The molecule has 6 heteroatoms. The summed E-state index contributed by atoms with van der Waals surface area (Å²) < 4.78 is 4.08. The number of halogens is 1. The summed E-state index contributed by atoms with van der Waals surface area (Å²) in [6.07, 6.45) is 1.21. The van der Waals surface area contributed by atoms with Gasteiger partial charge in [-0.15, -0.1) is 0 Å². The van der Waals surface area contributed by atoms with Crippen LogP contribution in [0.15, 0.2) is 0 Å². The van der Waals surface area contributed by atoms with E-state index < -0.39 is 0 Å². The molecule has 1 saturated heterocycles. The second-order valence-electron chi connectivity index (χ2n) is 6.40. The van der Waals surface area contributed by atoms with E-state index in [-0.39, 0.29) is 0 Å². The lowest BCUT2D eigenvalue weighted by Gasteiger charge is -2.36. The molecule has 0 amide bonds. The van der Waals surface area contributed by atoms with Gasteiger partial charge in [0, 0.05) is 26.2 Å². The number of nitriles is 1. The monoisotopic (exact) mass is 312 g/mol. The third-order valence-corrected chi connectivity index (χ3v) is 4.86. The van der Waals surface area contributed by atoms with Crippen LogP contribution in [0, 0.1) is 16.7 Å². The van der Waals surface area contributed by atoms with Gasteiger partial charge in [-0.2, -0.15) is 9.64 Å². The van der Waals surface area contributed by atoms with Crippen LogP contribution in [0.2, 0.25) is 5.15 Å². The molecule has 0 saturated carbocycles. The molecule has 0 aliphatic carbocycles. The fourth-order valence-corrected chi connectivity index (χ4v) is 3.32. The van der Waals surface area contributed by atoms with Gasteiger partial charge in [0.15, 0.2) is 5.15 Å². The van der Waals surface area contributed by atoms with E-state index in [0.29, 0.717) is 16.1 Å². The number of anilines is 1. The summed E-state index contributed by atoms with van der Waals surface area (Å²) in [5.74, 6) is 0. The van der Waals surface area contributed by atoms with Crippen LogP contribution in [0.25, 0.3) is 0 Å². The second-order valence-corrected chi connectivity index (χ2v) is 7.51. The van der Waals surface area contributed by atoms with Gasteiger partial charge in [0.2, 0.25) is 0 Å². The van der Waals surface area contributed by atoms with Crippen molar-refractivity contribution in [3.05, 3.63) is 10.7 Å². The molecule has 0 bridgehead atoms. The number of hydrogen-bond acceptors (Lipinski definition) is 5. The molecular formula is C14H21ClN4S. The van der Waals surface area contributed by atoms with Gasteiger partial charge in [0.1, 0.15) is 16.6 Å². The molecule has 1 aliphatic rings. The van der Waals surface area contributed by atoms with Crippen molar-refractivity contribution in [1.29, 1.82) is 5.26 Å². The minimum absolute atomic E-state index is 0.336. The molecule has 0 radical (unpaired) electrons. The van der Waals surface area contributed by atoms with Crippen LogP contribution in [0.4, 0.5) is 5.00 Å². The van der Waals surface area contributed by atoms with Crippen LogP contribution < -0.4 is 4.90 Å². The Morgan fingerprint density at radius 2 is 1.95 bits per heavy atom. The van der Waals surface area contributed by atoms with Crippen molar-refractivity contribution in [3.8, 4) is 6.07 Å². The topological polar surface area (TPSA) is 43.2 Å². The van der Waals surface area contributed by atoms with E-state index in [2.05, 4.69) is 41.0 Å². The van der Waals surface area contributed by atoms with Gasteiger partial charge in [-0.05, 0) is 29.9 Å². The zero-order chi connectivity index (χ0) is 14.8. The van der Waals surface area contributed by atoms with Gasteiger partial charge in [-0.25, -0.2) is 0 Å². The highest BCUT2D eigenvalue weighted by molar-refractivity contribution is 7.10. The van der Waals surface area contributed by atoms with Gasteiger partial charge in [0.05, 0.1) is 0 Å². The van der Waals surface area contributed by atoms with Crippen molar-refractivity contribution in [3.63, 3.8) is 0 Å². The normalized spacial score (nSPS) is 17.2. The van der Waals surface area contributed by atoms with E-state index in [1.807, 2.05) is 0 Å². The average molecular weight is 313 g/mol. The Hall–Kier alpha value is -0.830. The Balaban J connectivity index is 1.90. The highest BCUT2D eigenvalue weighted by Crippen LogP contribution is 2.31. The summed E-state index contributed by atoms with van der Waals surface area (Å²) in [4.78, 5) is 4.73. The van der Waals surface area contributed by atoms with E-state index in [1.165, 1.54) is 18.0 Å². The lowest BCUT2D eigenvalue weighted by atomic mass is 9.92. The first-order valence-electron chi connectivity index (χ1n) is 6.93. The summed E-state index contributed by atoms with van der Waals surface area (Å²) in [6.45, 7) is 11.9. The van der Waals surface area contributed by atoms with Crippen LogP contribution in [-0.2, 0) is 0 Å². The lowest BCUT2D eigenvalue weighted by molar-refractivity contribution is 0.217. The average Bonchev–Trinajstić information content (AvgIpc) is 2.77. The highest BCUT2D eigenvalue weighted by Gasteiger charge is 2.23. The maximum Gasteiger partial charge on any atom is 0.162 e. The second kappa shape index (κ2) is 6.30. The third kappa shape index (κ3) is 3.85. The Morgan fingerprint density at radius 1 is 1.30 bits per heavy atom. The molecule has 2 rings (SSSR count). The lowest BCUT2D eigenvalue weighted by Crippen LogP contribution is -2.47. The fraction of sp³-hybridized carbons (Fsp3) is 0.714. The number of nitrogens with zero attached hydrogens (tertiary/aromatic N) is 4. The summed E-state index contributed by atoms with van der Waals surface area (Å²) in [6, 6.07) is 2.16. The summed E-state index contributed by atoms with van der Waals surface area (Å²) >= 11 is 7.26. The predicted octanol–water partition coefficient (Wildman–Crippen LogP) is 3.23. The molecule has 0 N–H and O–H groups in total. The van der Waals surface area contributed by atoms with Crippen molar-refractivity contribution in [2.75, 3.05) is 37.6 Å². The number of aromatic nitrogens is 1. The van der Waals surface area contributed by atoms with E-state index >= 15 is 0 Å². The van der Waals surface area contributed by atoms with E-state index in [9.17, 15) is 0 Å². The minimum Gasteiger partial charge on any atom is -0.358 e. The van der Waals surface area contributed by atoms with Crippen molar-refractivity contribution in [2.24, 2.45) is 5.41 Å². The van der Waals surface area contributed by atoms with E-state index in [4.69, 9.17) is 16.9 Å². The van der Waals surface area contributed by atoms with Crippen LogP contribution in [-0.4, -0.2) is 42.0 Å². The van der Waals surface area contributed by atoms with Crippen LogP contribution in [0.5, 0.6) is 0 Å². The molecule has 1 aliphatic heterocycles. The van der Waals surface area contributed by atoms with Crippen molar-refractivity contribution >= 4 is 28.1 Å². The molecule has 0 atom stereocenters. The largest absolute Gasteiger partial charge is 0.358 e. The molecule has 0 unspecified atom stereocenters. The Labute approximate surface area is 130 Å². The van der Waals surface area contributed by atoms with Crippen LogP contribution in [0.1, 0.15) is 32.8 Å². The number of hydrogen-bond donors (Lipinski definition) is 0. The van der Waals surface area contributed by atoms with Crippen LogP contribution in [0.3, 0.4) is 0 Å². The Morgan fingerprint density at radius 3 is 2.50 bits per heavy atom. The quantitative estimate of drug-likeness (QED) is 0.859. The molecular weight excluding hydrogens is 292 g/mol. The van der Waals surface area contributed by atoms with Crippen molar-refractivity contribution in [1.82, 2.24) is 9.27 Å². The maximum atomic E-state index is 9.14. The molecule has 1 aromatic heterocycles. The molecule has 4 nitrogen and oxygen atoms in total. The summed E-state index contributed by atoms with van der Waals surface area (Å²) in [5.41, 5.74) is 0.913. The zero-order valence-electron chi connectivity index (χ0n) is 12.3. The molecule has 1 aromatic rings. The first kappa shape index (κ1) is 15.6. The van der Waals surface area contributed by atoms with Crippen molar-refractivity contribution in [2.45, 2.75) is 27.2 Å². The van der Waals surface area contributed by atoms with E-state index in [0.717, 1.165) is 37.7 Å². The molecule has 1 fully saturated rings. The van der Waals surface area contributed by atoms with Crippen molar-refractivity contribution < 1.29 is 0 Å². The Kier molecular flexibility index (Phi) is 4.90. The molecule has 0 aromatic carbocycles. The first-order valence-corrected chi connectivity index (χ1v) is 8.08. The van der Waals surface area contributed by atoms with Gasteiger partial charge < -0.3 is 4.90 Å². The van der Waals surface area contributed by atoms with Gasteiger partial charge in [0.25, 0.3) is 0 Å². The fourth-order valence-electron chi connectivity index (χ4n) is 2.24. The van der Waals surface area contributed by atoms with Crippen LogP contribution >= 0.6 is 23.1 Å². The summed E-state index contributed by atoms with van der Waals surface area (Å²) in [7, 11) is 0. The number of rotatable bonds is 3. The number of piperazine rings is 1. The first-order chi connectivity index (χ1) is 9.40. The molecule has 0 spiro atoms. The zero-order valence-corrected chi connectivity index (χ0v) is 13.9. The molecule has 2 heterocycles. The maximum absolute atomic E-state index is 9.14. The third-order valence-electron chi connectivity index (χ3n) is 3.58. The molecule has 20 heavy (non-hydrogen) atoms. The smallest absolute Gasteiger partial charge is 0.162 e. The van der Waals surface area contributed by atoms with E-state index in [1.54, 1.807) is 0 Å². The minimum atomic E-state index is 0.336. The highest BCUT2D eigenvalue weighted by atomic mass is 35.5. The van der Waals surface area contributed by atoms with Gasteiger partial charge >= 0.3 is 0 Å². The standard InChI is InChI=1S/C14H21ClN4S/c1-14(2,3)4-5-18-6-8-19(9-7-18)13-11(10-16)12(15)17-20-13/h4-9H2,1-3H3. The molecule has 110 valence electrons. The predicted molar refractivity (Wildman–Crippen MR) is 84.6 cm³/mol. The van der Waals surface area contributed by atoms with Gasteiger partial charge in [-0.3, -0.25) is 4.90 Å². The van der Waals surface area contributed by atoms with Gasteiger partial charge in [-0.1, -0.05) is 32.4 Å².